The van der Waals surface area contributed by atoms with Crippen LogP contribution in [0.4, 0.5) is 17.1 Å². The Morgan fingerprint density at radius 3 is 1.49 bits per heavy atom. The van der Waals surface area contributed by atoms with Crippen LogP contribution in [-0.2, 0) is 0 Å². The summed E-state index contributed by atoms with van der Waals surface area (Å²) >= 11 is 0. The zero-order valence-corrected chi connectivity index (χ0v) is 34.1. The van der Waals surface area contributed by atoms with Gasteiger partial charge in [0.1, 0.15) is 11.5 Å². The zero-order chi connectivity index (χ0) is 40.6. The lowest BCUT2D eigenvalue weighted by atomic mass is 9.35. The first kappa shape index (κ1) is 35.3. The minimum absolute atomic E-state index is 0.0299. The van der Waals surface area contributed by atoms with Gasteiger partial charge < -0.3 is 9.64 Å². The molecule has 1 heterocycles. The summed E-state index contributed by atoms with van der Waals surface area (Å²) in [7, 11) is 0. The van der Waals surface area contributed by atoms with Crippen LogP contribution in [0.15, 0.2) is 206 Å². The van der Waals surface area contributed by atoms with Gasteiger partial charge >= 0.3 is 0 Å². The van der Waals surface area contributed by atoms with Crippen molar-refractivity contribution in [3.8, 4) is 22.6 Å². The summed E-state index contributed by atoms with van der Waals surface area (Å²) in [6.45, 7) is 4.23. The number of nitrogens with zero attached hydrogens (tertiary/aromatic N) is 1. The average molecular weight is 778 g/mol. The van der Waals surface area contributed by atoms with Gasteiger partial charge in [-0.05, 0) is 116 Å². The van der Waals surface area contributed by atoms with Gasteiger partial charge in [0.05, 0.1) is 0 Å². The second-order valence-corrected chi connectivity index (χ2v) is 16.6. The molecular formula is C58H40BNO. The van der Waals surface area contributed by atoms with Crippen molar-refractivity contribution in [3.05, 3.63) is 217 Å². The quantitative estimate of drug-likeness (QED) is 0.123. The second kappa shape index (κ2) is 14.0. The van der Waals surface area contributed by atoms with Crippen molar-refractivity contribution in [2.45, 2.75) is 13.8 Å². The van der Waals surface area contributed by atoms with Crippen molar-refractivity contribution in [1.29, 1.82) is 0 Å². The third-order valence-electron chi connectivity index (χ3n) is 12.9. The Morgan fingerprint density at radius 1 is 0.344 bits per heavy atom. The Bertz CT molecular complexity index is 3400. The first-order valence-corrected chi connectivity index (χ1v) is 21.2. The van der Waals surface area contributed by atoms with Crippen molar-refractivity contribution in [2.24, 2.45) is 0 Å². The lowest BCUT2D eigenvalue weighted by Gasteiger charge is -2.28. The molecule has 12 rings (SSSR count). The molecule has 1 aliphatic rings. The first-order valence-electron chi connectivity index (χ1n) is 21.2. The van der Waals surface area contributed by atoms with E-state index in [1.807, 2.05) is 0 Å². The first-order chi connectivity index (χ1) is 30.1. The molecule has 0 saturated carbocycles. The minimum atomic E-state index is -0.0299. The normalized spacial score (nSPS) is 11.9. The van der Waals surface area contributed by atoms with E-state index in [9.17, 15) is 0 Å². The van der Waals surface area contributed by atoms with E-state index in [1.165, 1.54) is 81.6 Å². The topological polar surface area (TPSA) is 12.5 Å². The van der Waals surface area contributed by atoms with Crippen molar-refractivity contribution in [1.82, 2.24) is 0 Å². The van der Waals surface area contributed by atoms with Crippen LogP contribution in [0.1, 0.15) is 11.1 Å². The molecule has 0 aromatic heterocycles. The van der Waals surface area contributed by atoms with E-state index >= 15 is 0 Å². The maximum Gasteiger partial charge on any atom is 0.243 e. The Hall–Kier alpha value is -7.62. The summed E-state index contributed by atoms with van der Waals surface area (Å²) in [5.41, 5.74) is 11.9. The number of aryl methyl sites for hydroxylation is 2. The van der Waals surface area contributed by atoms with Gasteiger partial charge in [-0.15, -0.1) is 0 Å². The summed E-state index contributed by atoms with van der Waals surface area (Å²) in [5, 5.41) is 12.4. The standard InChI is InChI=1S/C58H40BNO/c1-37-24-28-41(29-25-37)60(42-30-26-38(2)27-31-42)43-32-33-48-52-35-50-46-18-7-8-19-47(46)55(36-51(50)49-20-11-23-56(58(49)52)61-57(48)34-43)59(53-21-9-14-39-12-3-5-16-44(39)53)54-22-10-15-40-13-4-6-17-45(40)54/h3-36H,1-2H3. The third-order valence-corrected chi connectivity index (χ3v) is 12.9. The van der Waals surface area contributed by atoms with Crippen LogP contribution in [0.5, 0.6) is 11.5 Å². The molecular weight excluding hydrogens is 737 g/mol. The number of anilines is 3. The fraction of sp³-hybridized carbons (Fsp3) is 0.0345. The maximum atomic E-state index is 6.97. The van der Waals surface area contributed by atoms with Gasteiger partial charge in [0.2, 0.25) is 6.71 Å². The largest absolute Gasteiger partial charge is 0.456 e. The summed E-state index contributed by atoms with van der Waals surface area (Å²) in [6, 6.07) is 76.0. The molecule has 3 heteroatoms. The average Bonchev–Trinajstić information content (AvgIpc) is 3.31. The van der Waals surface area contributed by atoms with Crippen LogP contribution in [0, 0.1) is 13.8 Å². The maximum absolute atomic E-state index is 6.97. The monoisotopic (exact) mass is 777 g/mol. The number of fused-ring (bicyclic) bond motifs is 8. The number of benzene rings is 11. The van der Waals surface area contributed by atoms with Crippen molar-refractivity contribution < 1.29 is 4.74 Å². The molecule has 1 aliphatic heterocycles. The van der Waals surface area contributed by atoms with Gasteiger partial charge in [-0.3, -0.25) is 0 Å². The Labute approximate surface area is 356 Å². The molecule has 0 fully saturated rings. The molecule has 0 atom stereocenters. The molecule has 0 spiro atoms. The molecule has 0 amide bonds. The van der Waals surface area contributed by atoms with E-state index in [0.717, 1.165) is 39.5 Å². The number of hydrogen-bond acceptors (Lipinski definition) is 2. The summed E-state index contributed by atoms with van der Waals surface area (Å²) in [4.78, 5) is 2.32. The van der Waals surface area contributed by atoms with E-state index in [4.69, 9.17) is 4.74 Å². The lowest BCUT2D eigenvalue weighted by Crippen LogP contribution is -2.52. The predicted octanol–water partition coefficient (Wildman–Crippen LogP) is 13.8. The Balaban J connectivity index is 1.10. The van der Waals surface area contributed by atoms with Crippen LogP contribution in [0.3, 0.4) is 0 Å². The Morgan fingerprint density at radius 2 is 0.852 bits per heavy atom. The van der Waals surface area contributed by atoms with E-state index in [1.54, 1.807) is 0 Å². The highest BCUT2D eigenvalue weighted by Crippen LogP contribution is 2.51. The highest BCUT2D eigenvalue weighted by atomic mass is 16.5. The van der Waals surface area contributed by atoms with Crippen LogP contribution < -0.4 is 26.0 Å². The SMILES string of the molecule is Cc1ccc(N(c2ccc(C)cc2)c2ccc3c(c2)Oc2cccc4c2c-3cc2c3ccccc3c(B(c3cccc5ccccc35)c3cccc5ccccc35)cc42)cc1. The van der Waals surface area contributed by atoms with E-state index in [-0.39, 0.29) is 6.71 Å². The predicted molar refractivity (Wildman–Crippen MR) is 261 cm³/mol. The molecule has 11 aromatic carbocycles. The molecule has 0 N–H and O–H groups in total. The van der Waals surface area contributed by atoms with Gasteiger partial charge in [-0.2, -0.15) is 0 Å². The number of hydrogen-bond donors (Lipinski definition) is 0. The van der Waals surface area contributed by atoms with E-state index in [2.05, 4.69) is 225 Å². The van der Waals surface area contributed by atoms with Gasteiger partial charge in [-0.1, -0.05) is 179 Å². The molecule has 2 nitrogen and oxygen atoms in total. The zero-order valence-electron chi connectivity index (χ0n) is 34.1. The van der Waals surface area contributed by atoms with E-state index in [0.29, 0.717) is 0 Å². The third kappa shape index (κ3) is 5.73. The highest BCUT2D eigenvalue weighted by Gasteiger charge is 2.30. The molecule has 0 radical (unpaired) electrons. The van der Waals surface area contributed by atoms with Crippen LogP contribution in [0.25, 0.3) is 65.0 Å². The van der Waals surface area contributed by atoms with Gasteiger partial charge in [0.25, 0.3) is 0 Å². The fourth-order valence-corrected chi connectivity index (χ4v) is 10.0. The van der Waals surface area contributed by atoms with Crippen LogP contribution >= 0.6 is 0 Å². The number of rotatable bonds is 6. The summed E-state index contributed by atoms with van der Waals surface area (Å²) < 4.78 is 6.97. The molecule has 0 unspecified atom stereocenters. The van der Waals surface area contributed by atoms with Crippen LogP contribution in [-0.4, -0.2) is 6.71 Å². The molecule has 0 aliphatic carbocycles. The van der Waals surface area contributed by atoms with Crippen LogP contribution in [0.2, 0.25) is 0 Å². The van der Waals surface area contributed by atoms with Gasteiger partial charge in [0, 0.05) is 34.1 Å². The summed E-state index contributed by atoms with van der Waals surface area (Å²) in [5.74, 6) is 1.74. The second-order valence-electron chi connectivity index (χ2n) is 16.6. The molecule has 286 valence electrons. The molecule has 11 aromatic rings. The Kier molecular flexibility index (Phi) is 8.11. The lowest BCUT2D eigenvalue weighted by molar-refractivity contribution is 0.487. The number of ether oxygens (including phenoxy) is 1. The van der Waals surface area contributed by atoms with Gasteiger partial charge in [0.15, 0.2) is 0 Å². The molecule has 0 saturated heterocycles. The minimum Gasteiger partial charge on any atom is -0.456 e. The van der Waals surface area contributed by atoms with Gasteiger partial charge in [-0.25, -0.2) is 0 Å². The van der Waals surface area contributed by atoms with Crippen molar-refractivity contribution in [3.63, 3.8) is 0 Å². The van der Waals surface area contributed by atoms with Crippen molar-refractivity contribution >= 4 is 94.0 Å². The molecule has 61 heavy (non-hydrogen) atoms. The van der Waals surface area contributed by atoms with E-state index < -0.39 is 0 Å². The summed E-state index contributed by atoms with van der Waals surface area (Å²) in [6.07, 6.45) is 0. The molecule has 0 bridgehead atoms. The fourth-order valence-electron chi connectivity index (χ4n) is 10.0. The smallest absolute Gasteiger partial charge is 0.243 e. The highest BCUT2D eigenvalue weighted by molar-refractivity contribution is 6.99. The van der Waals surface area contributed by atoms with Crippen molar-refractivity contribution in [2.75, 3.05) is 4.90 Å².